The molecule has 1 heterocycles. The number of thioether (sulfide) groups is 1. The first-order valence-corrected chi connectivity index (χ1v) is 5.87. The molecule has 0 unspecified atom stereocenters. The molecule has 1 aromatic rings. The third kappa shape index (κ3) is 5.46. The van der Waals surface area contributed by atoms with E-state index >= 15 is 0 Å². The van der Waals surface area contributed by atoms with Crippen molar-refractivity contribution in [3.63, 3.8) is 0 Å². The van der Waals surface area contributed by atoms with Gasteiger partial charge in [0, 0.05) is 5.75 Å². The minimum Gasteiger partial charge on any atom is -0.491 e. The van der Waals surface area contributed by atoms with Crippen LogP contribution in [0.5, 0.6) is 5.75 Å². The first-order valence-electron chi connectivity index (χ1n) is 4.35. The lowest BCUT2D eigenvalue weighted by Gasteiger charge is -2.07. The molecule has 0 aliphatic heterocycles. The van der Waals surface area contributed by atoms with Gasteiger partial charge in [0.2, 0.25) is 0 Å². The number of halogens is 4. The second kappa shape index (κ2) is 6.20. The Bertz CT molecular complexity index is 318. The lowest BCUT2D eigenvalue weighted by Crippen LogP contribution is -2.07. The molecule has 90 valence electrons. The lowest BCUT2D eigenvalue weighted by atomic mass is 10.4. The third-order valence-electron chi connectivity index (χ3n) is 1.55. The molecule has 0 bridgehead atoms. The Morgan fingerprint density at radius 2 is 2.12 bits per heavy atom. The minimum absolute atomic E-state index is 0.00786. The van der Waals surface area contributed by atoms with Crippen molar-refractivity contribution in [3.8, 4) is 5.75 Å². The van der Waals surface area contributed by atoms with Crippen molar-refractivity contribution < 1.29 is 17.9 Å². The summed E-state index contributed by atoms with van der Waals surface area (Å²) in [5, 5.41) is 0. The molecule has 1 aromatic heterocycles. The van der Waals surface area contributed by atoms with E-state index in [1.54, 1.807) is 12.1 Å². The minimum atomic E-state index is -4.20. The molecule has 7 heteroatoms. The summed E-state index contributed by atoms with van der Waals surface area (Å²) in [5.74, 6) is 0.599. The standard InChI is InChI=1S/C9H9ClF3NOS/c10-5-7-1-2-8(6-14-7)15-3-4-16-9(11,12)13/h1-2,6H,3-5H2. The summed E-state index contributed by atoms with van der Waals surface area (Å²) in [5.41, 5.74) is -3.51. The normalized spacial score (nSPS) is 11.5. The van der Waals surface area contributed by atoms with E-state index in [0.717, 1.165) is 0 Å². The Kier molecular flexibility index (Phi) is 5.21. The molecule has 0 aromatic carbocycles. The van der Waals surface area contributed by atoms with Crippen LogP contribution in [0.3, 0.4) is 0 Å². The number of alkyl halides is 4. The largest absolute Gasteiger partial charge is 0.491 e. The Morgan fingerprint density at radius 1 is 1.38 bits per heavy atom. The van der Waals surface area contributed by atoms with Crippen LogP contribution in [-0.2, 0) is 5.88 Å². The van der Waals surface area contributed by atoms with Crippen molar-refractivity contribution >= 4 is 23.4 Å². The summed E-state index contributed by atoms with van der Waals surface area (Å²) >= 11 is 5.42. The molecule has 0 spiro atoms. The van der Waals surface area contributed by atoms with Gasteiger partial charge in [-0.25, -0.2) is 0 Å². The Labute approximate surface area is 100 Å². The molecular formula is C9H9ClF3NOS. The predicted octanol–water partition coefficient (Wildman–Crippen LogP) is 3.45. The second-order valence-electron chi connectivity index (χ2n) is 2.76. The van der Waals surface area contributed by atoms with E-state index in [2.05, 4.69) is 4.98 Å². The van der Waals surface area contributed by atoms with Gasteiger partial charge in [0.05, 0.1) is 24.4 Å². The summed E-state index contributed by atoms with van der Waals surface area (Å²) in [6.45, 7) is -0.00786. The summed E-state index contributed by atoms with van der Waals surface area (Å²) in [6, 6.07) is 3.29. The van der Waals surface area contributed by atoms with Gasteiger partial charge in [0.25, 0.3) is 0 Å². The van der Waals surface area contributed by atoms with Gasteiger partial charge in [-0.1, -0.05) is 0 Å². The molecule has 2 nitrogen and oxygen atoms in total. The Hall–Kier alpha value is -0.620. The van der Waals surface area contributed by atoms with Crippen LogP contribution in [-0.4, -0.2) is 22.9 Å². The fourth-order valence-corrected chi connectivity index (χ4v) is 1.45. The van der Waals surface area contributed by atoms with Crippen LogP contribution in [0.4, 0.5) is 13.2 Å². The average molecular weight is 272 g/mol. The predicted molar refractivity (Wildman–Crippen MR) is 57.8 cm³/mol. The smallest absolute Gasteiger partial charge is 0.441 e. The van der Waals surface area contributed by atoms with Gasteiger partial charge in [-0.05, 0) is 23.9 Å². The van der Waals surface area contributed by atoms with Gasteiger partial charge >= 0.3 is 5.51 Å². The van der Waals surface area contributed by atoms with Crippen molar-refractivity contribution in [2.45, 2.75) is 11.4 Å². The van der Waals surface area contributed by atoms with Gasteiger partial charge < -0.3 is 4.74 Å². The monoisotopic (exact) mass is 271 g/mol. The molecule has 0 N–H and O–H groups in total. The summed E-state index contributed by atoms with van der Waals surface area (Å²) in [4.78, 5) is 3.94. The van der Waals surface area contributed by atoms with Gasteiger partial charge in [-0.3, -0.25) is 4.98 Å². The van der Waals surface area contributed by atoms with Crippen LogP contribution in [0.1, 0.15) is 5.69 Å². The van der Waals surface area contributed by atoms with Crippen molar-refractivity contribution in [3.05, 3.63) is 24.0 Å². The number of hydrogen-bond acceptors (Lipinski definition) is 3. The van der Waals surface area contributed by atoms with E-state index < -0.39 is 5.51 Å². The summed E-state index contributed by atoms with van der Waals surface area (Å²) in [7, 11) is 0. The third-order valence-corrected chi connectivity index (χ3v) is 2.52. The van der Waals surface area contributed by atoms with Crippen LogP contribution in [0.2, 0.25) is 0 Å². The molecule has 0 atom stereocenters. The molecule has 16 heavy (non-hydrogen) atoms. The highest BCUT2D eigenvalue weighted by molar-refractivity contribution is 8.00. The van der Waals surface area contributed by atoms with E-state index in [9.17, 15) is 13.2 Å². The van der Waals surface area contributed by atoms with Crippen LogP contribution < -0.4 is 4.74 Å². The maximum Gasteiger partial charge on any atom is 0.441 e. The zero-order valence-electron chi connectivity index (χ0n) is 8.13. The zero-order valence-corrected chi connectivity index (χ0v) is 9.70. The van der Waals surface area contributed by atoms with E-state index in [1.165, 1.54) is 6.20 Å². The van der Waals surface area contributed by atoms with Crippen LogP contribution in [0.25, 0.3) is 0 Å². The highest BCUT2D eigenvalue weighted by atomic mass is 35.5. The molecule has 0 saturated carbocycles. The van der Waals surface area contributed by atoms with E-state index in [4.69, 9.17) is 16.3 Å². The number of ether oxygens (including phenoxy) is 1. The van der Waals surface area contributed by atoms with Crippen molar-refractivity contribution in [1.82, 2.24) is 4.98 Å². The molecule has 0 fully saturated rings. The van der Waals surface area contributed by atoms with E-state index in [0.29, 0.717) is 17.3 Å². The first-order chi connectivity index (χ1) is 7.51. The fraction of sp³-hybridized carbons (Fsp3) is 0.444. The SMILES string of the molecule is FC(F)(F)SCCOc1ccc(CCl)nc1. The maximum absolute atomic E-state index is 11.8. The summed E-state index contributed by atoms with van der Waals surface area (Å²) in [6.07, 6.45) is 1.44. The topological polar surface area (TPSA) is 22.1 Å². The van der Waals surface area contributed by atoms with E-state index in [-0.39, 0.29) is 24.1 Å². The molecule has 0 amide bonds. The molecule has 0 aliphatic rings. The number of hydrogen-bond donors (Lipinski definition) is 0. The molecular weight excluding hydrogens is 263 g/mol. The number of rotatable bonds is 5. The zero-order chi connectivity index (χ0) is 12.0. The van der Waals surface area contributed by atoms with Gasteiger partial charge in [-0.2, -0.15) is 13.2 Å². The highest BCUT2D eigenvalue weighted by Crippen LogP contribution is 2.29. The van der Waals surface area contributed by atoms with Crippen LogP contribution in [0.15, 0.2) is 18.3 Å². The molecule has 1 rings (SSSR count). The van der Waals surface area contributed by atoms with Crippen LogP contribution in [0, 0.1) is 0 Å². The number of pyridine rings is 1. The Morgan fingerprint density at radius 3 is 2.62 bits per heavy atom. The van der Waals surface area contributed by atoms with Crippen molar-refractivity contribution in [2.75, 3.05) is 12.4 Å². The number of nitrogens with zero attached hydrogens (tertiary/aromatic N) is 1. The molecule has 0 aliphatic carbocycles. The van der Waals surface area contributed by atoms with Gasteiger partial charge in [0.15, 0.2) is 0 Å². The average Bonchev–Trinajstić information content (AvgIpc) is 2.24. The van der Waals surface area contributed by atoms with Crippen molar-refractivity contribution in [2.24, 2.45) is 0 Å². The molecule has 0 saturated heterocycles. The first kappa shape index (κ1) is 13.4. The Balaban J connectivity index is 2.27. The maximum atomic E-state index is 11.8. The lowest BCUT2D eigenvalue weighted by molar-refractivity contribution is -0.0329. The van der Waals surface area contributed by atoms with Crippen LogP contribution >= 0.6 is 23.4 Å². The van der Waals surface area contributed by atoms with Crippen molar-refractivity contribution in [1.29, 1.82) is 0 Å². The molecule has 0 radical (unpaired) electrons. The number of aromatic nitrogens is 1. The quantitative estimate of drug-likeness (QED) is 0.605. The fourth-order valence-electron chi connectivity index (χ4n) is 0.892. The summed E-state index contributed by atoms with van der Waals surface area (Å²) < 4.78 is 40.4. The van der Waals surface area contributed by atoms with E-state index in [1.807, 2.05) is 0 Å². The second-order valence-corrected chi connectivity index (χ2v) is 4.19. The highest BCUT2D eigenvalue weighted by Gasteiger charge is 2.27. The van der Waals surface area contributed by atoms with Gasteiger partial charge in [0.1, 0.15) is 5.75 Å². The van der Waals surface area contributed by atoms with Gasteiger partial charge in [-0.15, -0.1) is 11.6 Å².